The molecule has 0 aromatic carbocycles. The van der Waals surface area contributed by atoms with Gasteiger partial charge in [-0.3, -0.25) is 9.59 Å². The molecule has 0 aliphatic heterocycles. The molecule has 0 aromatic rings. The molecule has 4 aliphatic rings. The van der Waals surface area contributed by atoms with Gasteiger partial charge in [-0.1, -0.05) is 0 Å². The molecule has 2 saturated carbocycles. The van der Waals surface area contributed by atoms with Crippen LogP contribution in [-0.2, 0) is 33.3 Å². The normalized spacial score (nSPS) is 26.3. The molecule has 2 amide bonds. The fraction of sp³-hybridized carbons (Fsp3) is 0.750. The molecule has 0 spiro atoms. The van der Waals surface area contributed by atoms with Gasteiger partial charge in [0.05, 0.1) is 39.3 Å². The predicted molar refractivity (Wildman–Crippen MR) is 154 cm³/mol. The number of hydrogen-bond acceptors (Lipinski definition) is 9. The van der Waals surface area contributed by atoms with E-state index < -0.39 is 24.1 Å². The topological polar surface area (TPSA) is 138 Å². The molecule has 0 radical (unpaired) electrons. The fourth-order valence-electron chi connectivity index (χ4n) is 6.22. The van der Waals surface area contributed by atoms with E-state index in [0.717, 1.165) is 51.4 Å². The van der Waals surface area contributed by atoms with E-state index >= 15 is 0 Å². The summed E-state index contributed by atoms with van der Waals surface area (Å²) in [5.41, 5.74) is 0. The maximum atomic E-state index is 11.9. The summed E-state index contributed by atoms with van der Waals surface area (Å²) in [5.74, 6) is 15.0. The first-order valence-electron chi connectivity index (χ1n) is 15.6. The van der Waals surface area contributed by atoms with Crippen molar-refractivity contribution in [2.75, 3.05) is 52.7 Å². The molecule has 4 aliphatic carbocycles. The van der Waals surface area contributed by atoms with Crippen molar-refractivity contribution >= 4 is 24.1 Å². The zero-order valence-electron chi connectivity index (χ0n) is 24.9. The van der Waals surface area contributed by atoms with E-state index in [0.29, 0.717) is 48.7 Å². The van der Waals surface area contributed by atoms with Crippen LogP contribution in [0.5, 0.6) is 0 Å². The van der Waals surface area contributed by atoms with Gasteiger partial charge in [0.2, 0.25) is 0 Å². The van der Waals surface area contributed by atoms with Crippen molar-refractivity contribution in [2.45, 2.75) is 64.2 Å². The van der Waals surface area contributed by atoms with Crippen molar-refractivity contribution < 1.29 is 42.9 Å². The van der Waals surface area contributed by atoms with Gasteiger partial charge in [-0.05, 0) is 61.2 Å². The highest BCUT2D eigenvalue weighted by atomic mass is 16.6. The largest absolute Gasteiger partial charge is 0.463 e. The van der Waals surface area contributed by atoms with Gasteiger partial charge in [0, 0.05) is 38.8 Å². The van der Waals surface area contributed by atoms with E-state index in [-0.39, 0.29) is 52.4 Å². The van der Waals surface area contributed by atoms with Crippen molar-refractivity contribution in [3.8, 4) is 23.7 Å². The van der Waals surface area contributed by atoms with Crippen molar-refractivity contribution in [1.29, 1.82) is 0 Å². The Balaban J connectivity index is 0.890. The van der Waals surface area contributed by atoms with Crippen molar-refractivity contribution in [3.63, 3.8) is 0 Å². The first-order valence-corrected chi connectivity index (χ1v) is 15.6. The number of carbonyl (C=O) groups is 4. The molecule has 11 heteroatoms. The lowest BCUT2D eigenvalue weighted by Crippen LogP contribution is -2.28. The van der Waals surface area contributed by atoms with Crippen LogP contribution >= 0.6 is 0 Å². The van der Waals surface area contributed by atoms with Crippen molar-refractivity contribution in [3.05, 3.63) is 0 Å². The second-order valence-electron chi connectivity index (χ2n) is 11.4. The molecule has 2 fully saturated rings. The number of fused-ring (bicyclic) bond motifs is 2. The predicted octanol–water partition coefficient (Wildman–Crippen LogP) is 3.20. The van der Waals surface area contributed by atoms with Gasteiger partial charge in [0.25, 0.3) is 0 Å². The molecule has 0 saturated heterocycles. The van der Waals surface area contributed by atoms with Crippen LogP contribution < -0.4 is 10.6 Å². The lowest BCUT2D eigenvalue weighted by molar-refractivity contribution is -0.146. The smallest absolute Gasteiger partial charge is 0.407 e. The number of alkyl carbamates (subject to hydrolysis) is 2. The lowest BCUT2D eigenvalue weighted by Gasteiger charge is -2.09. The number of nitrogens with one attached hydrogen (secondary N) is 2. The summed E-state index contributed by atoms with van der Waals surface area (Å²) in [5, 5.41) is 5.16. The first kappa shape index (κ1) is 32.5. The second-order valence-corrected chi connectivity index (χ2v) is 11.4. The van der Waals surface area contributed by atoms with E-state index in [1.807, 2.05) is 0 Å². The minimum absolute atomic E-state index is 0.0252. The molecule has 2 N–H and O–H groups in total. The lowest BCUT2D eigenvalue weighted by atomic mass is 10.1. The van der Waals surface area contributed by atoms with Gasteiger partial charge in [-0.25, -0.2) is 9.59 Å². The third kappa shape index (κ3) is 11.6. The molecular weight excluding hydrogens is 556 g/mol. The molecule has 11 nitrogen and oxygen atoms in total. The van der Waals surface area contributed by atoms with Crippen LogP contribution in [0, 0.1) is 59.2 Å². The Bertz CT molecular complexity index is 968. The summed E-state index contributed by atoms with van der Waals surface area (Å²) >= 11 is 0. The zero-order valence-corrected chi connectivity index (χ0v) is 24.9. The Hall–Kier alpha value is -3.44. The SMILES string of the molecule is O=C(CCNC(=O)OC[C@@H]1[C@@H]2CCC#CCC[C@@H]21)OCCOCCOC(=O)CCNC(=O)OC[C@@H]1[C@@H]2CCC#CCC[C@@H]21. The van der Waals surface area contributed by atoms with Gasteiger partial charge >= 0.3 is 24.1 Å². The van der Waals surface area contributed by atoms with Gasteiger partial charge in [-0.15, -0.1) is 23.7 Å². The Morgan fingerprint density at radius 1 is 0.535 bits per heavy atom. The summed E-state index contributed by atoms with van der Waals surface area (Å²) in [6, 6.07) is 0. The minimum atomic E-state index is -0.524. The van der Waals surface area contributed by atoms with Crippen LogP contribution in [0.2, 0.25) is 0 Å². The van der Waals surface area contributed by atoms with Crippen LogP contribution in [-0.4, -0.2) is 76.9 Å². The maximum absolute atomic E-state index is 11.9. The number of amides is 2. The fourth-order valence-corrected chi connectivity index (χ4v) is 6.22. The van der Waals surface area contributed by atoms with Crippen LogP contribution in [0.1, 0.15) is 64.2 Å². The molecule has 0 unspecified atom stereocenters. The quantitative estimate of drug-likeness (QED) is 0.118. The number of rotatable bonds is 16. The zero-order chi connectivity index (χ0) is 30.3. The summed E-state index contributed by atoms with van der Waals surface area (Å²) in [6.45, 7) is 1.46. The van der Waals surface area contributed by atoms with Crippen LogP contribution in [0.4, 0.5) is 9.59 Å². The van der Waals surface area contributed by atoms with E-state index in [1.54, 1.807) is 0 Å². The summed E-state index contributed by atoms with van der Waals surface area (Å²) in [6.07, 6.45) is 6.97. The average molecular weight is 601 g/mol. The van der Waals surface area contributed by atoms with Gasteiger partial charge in [-0.2, -0.15) is 0 Å². The van der Waals surface area contributed by atoms with Crippen LogP contribution in [0.25, 0.3) is 0 Å². The van der Waals surface area contributed by atoms with Gasteiger partial charge < -0.3 is 34.3 Å². The monoisotopic (exact) mass is 600 g/mol. The van der Waals surface area contributed by atoms with E-state index in [9.17, 15) is 19.2 Å². The summed E-state index contributed by atoms with van der Waals surface area (Å²) < 4.78 is 26.1. The highest BCUT2D eigenvalue weighted by Crippen LogP contribution is 2.53. The van der Waals surface area contributed by atoms with E-state index in [1.165, 1.54) is 0 Å². The molecule has 0 heterocycles. The first-order chi connectivity index (χ1) is 21.0. The van der Waals surface area contributed by atoms with E-state index in [2.05, 4.69) is 34.3 Å². The Morgan fingerprint density at radius 2 is 0.907 bits per heavy atom. The summed E-state index contributed by atoms with van der Waals surface area (Å²) in [7, 11) is 0. The highest BCUT2D eigenvalue weighted by Gasteiger charge is 2.50. The summed E-state index contributed by atoms with van der Waals surface area (Å²) in [4.78, 5) is 47.5. The highest BCUT2D eigenvalue weighted by molar-refractivity contribution is 5.72. The molecule has 0 bridgehead atoms. The molecule has 43 heavy (non-hydrogen) atoms. The number of esters is 2. The molecule has 4 rings (SSSR count). The standard InChI is InChI=1S/C32H44N2O9/c35-29(13-15-33-31(37)42-21-27-23-9-5-1-2-6-10-24(23)27)40-19-17-39-18-20-41-30(36)14-16-34-32(38)43-22-28-25-11-7-3-4-8-12-26(25)28/h23-28H,5-22H2,(H,33,37)(H,34,38)/t23-,24+,25-,26+,27-,28-. The maximum Gasteiger partial charge on any atom is 0.407 e. The van der Waals surface area contributed by atoms with Crippen molar-refractivity contribution in [2.24, 2.45) is 35.5 Å². The third-order valence-electron chi connectivity index (χ3n) is 8.67. The average Bonchev–Trinajstić information content (AvgIpc) is 3.82. The van der Waals surface area contributed by atoms with E-state index in [4.69, 9.17) is 23.7 Å². The molecular formula is C32H44N2O9. The van der Waals surface area contributed by atoms with Crippen LogP contribution in [0.3, 0.4) is 0 Å². The number of hydrogen-bond donors (Lipinski definition) is 2. The van der Waals surface area contributed by atoms with Crippen LogP contribution in [0.15, 0.2) is 0 Å². The third-order valence-corrected chi connectivity index (χ3v) is 8.67. The minimum Gasteiger partial charge on any atom is -0.463 e. The Morgan fingerprint density at radius 3 is 1.28 bits per heavy atom. The Kier molecular flexibility index (Phi) is 13.3. The second kappa shape index (κ2) is 17.6. The van der Waals surface area contributed by atoms with Gasteiger partial charge in [0.1, 0.15) is 13.2 Å². The van der Waals surface area contributed by atoms with Crippen molar-refractivity contribution in [1.82, 2.24) is 10.6 Å². The number of ether oxygens (including phenoxy) is 5. The van der Waals surface area contributed by atoms with Gasteiger partial charge in [0.15, 0.2) is 0 Å². The number of carbonyl (C=O) groups excluding carboxylic acids is 4. The Labute approximate surface area is 253 Å². The molecule has 6 atom stereocenters. The molecule has 0 aromatic heterocycles. The molecule has 236 valence electrons.